The molecule has 42 heavy (non-hydrogen) atoms. The third kappa shape index (κ3) is 6.30. The first kappa shape index (κ1) is 28.9. The van der Waals surface area contributed by atoms with Gasteiger partial charge in [0, 0.05) is 18.0 Å². The van der Waals surface area contributed by atoms with Crippen molar-refractivity contribution in [3.63, 3.8) is 0 Å². The molecular weight excluding hydrogens is 536 g/mol. The van der Waals surface area contributed by atoms with E-state index in [-0.39, 0.29) is 24.9 Å². The number of rotatable bonds is 9. The van der Waals surface area contributed by atoms with E-state index in [0.717, 1.165) is 40.7 Å². The summed E-state index contributed by atoms with van der Waals surface area (Å²) >= 11 is 0. The van der Waals surface area contributed by atoms with E-state index in [1.165, 1.54) is 7.11 Å². The van der Waals surface area contributed by atoms with Gasteiger partial charge in [0.1, 0.15) is 12.6 Å². The molecule has 5 rings (SSSR count). The van der Waals surface area contributed by atoms with Gasteiger partial charge in [-0.15, -0.1) is 0 Å². The van der Waals surface area contributed by atoms with Gasteiger partial charge in [-0.1, -0.05) is 73.5 Å². The number of carbonyl (C=O) groups is 4. The topological polar surface area (TPSA) is 131 Å². The molecule has 0 spiro atoms. The van der Waals surface area contributed by atoms with E-state index in [0.29, 0.717) is 18.5 Å². The fraction of sp³-hybridized carbons (Fsp3) is 0.333. The van der Waals surface area contributed by atoms with Crippen molar-refractivity contribution in [2.45, 2.75) is 44.1 Å². The van der Waals surface area contributed by atoms with Crippen LogP contribution in [0.2, 0.25) is 0 Å². The zero-order chi connectivity index (χ0) is 29.6. The van der Waals surface area contributed by atoms with Crippen molar-refractivity contribution in [1.82, 2.24) is 5.32 Å². The highest BCUT2D eigenvalue weighted by Crippen LogP contribution is 2.44. The molecule has 2 aliphatic rings. The number of hydrogen-bond acceptors (Lipinski definition) is 6. The Morgan fingerprint density at radius 2 is 1.45 bits per heavy atom. The Hall–Kier alpha value is -4.66. The molecular formula is C33H34N2O7. The summed E-state index contributed by atoms with van der Waals surface area (Å²) in [6.07, 6.45) is 2.10. The summed E-state index contributed by atoms with van der Waals surface area (Å²) in [5.74, 6) is -3.22. The molecule has 3 aromatic carbocycles. The van der Waals surface area contributed by atoms with E-state index < -0.39 is 35.9 Å². The summed E-state index contributed by atoms with van der Waals surface area (Å²) in [5, 5.41) is 14.9. The molecule has 1 fully saturated rings. The van der Waals surface area contributed by atoms with Gasteiger partial charge in [-0.2, -0.15) is 0 Å². The number of alkyl carbamates (subject to hydrolysis) is 1. The number of carbonyl (C=O) groups excluding carboxylic acids is 3. The number of carboxylic acid groups (broad SMARTS) is 1. The second kappa shape index (κ2) is 12.9. The van der Waals surface area contributed by atoms with E-state index in [9.17, 15) is 24.3 Å². The third-order valence-corrected chi connectivity index (χ3v) is 8.20. The number of methoxy groups -OCH3 is 1. The Kier molecular flexibility index (Phi) is 8.85. The summed E-state index contributed by atoms with van der Waals surface area (Å²) in [7, 11) is 1.25. The molecule has 218 valence electrons. The third-order valence-electron chi connectivity index (χ3n) is 8.20. The summed E-state index contributed by atoms with van der Waals surface area (Å²) in [6.45, 7) is 0.117. The van der Waals surface area contributed by atoms with Gasteiger partial charge in [0.2, 0.25) is 5.91 Å². The highest BCUT2D eigenvalue weighted by molar-refractivity contribution is 5.95. The van der Waals surface area contributed by atoms with Crippen molar-refractivity contribution in [1.29, 1.82) is 0 Å². The molecule has 0 saturated heterocycles. The zero-order valence-electron chi connectivity index (χ0n) is 23.4. The van der Waals surface area contributed by atoms with Crippen LogP contribution in [-0.4, -0.2) is 48.8 Å². The molecule has 2 amide bonds. The Morgan fingerprint density at radius 1 is 0.857 bits per heavy atom. The first-order valence-electron chi connectivity index (χ1n) is 14.2. The minimum absolute atomic E-state index is 0.109. The molecule has 0 radical (unpaired) electrons. The van der Waals surface area contributed by atoms with Crippen molar-refractivity contribution in [2.24, 2.45) is 11.8 Å². The number of fused-ring (bicyclic) bond motifs is 3. The minimum Gasteiger partial charge on any atom is -0.481 e. The first-order valence-corrected chi connectivity index (χ1v) is 14.2. The molecule has 0 aliphatic heterocycles. The number of carboxylic acids is 1. The van der Waals surface area contributed by atoms with E-state index in [1.807, 2.05) is 36.4 Å². The van der Waals surface area contributed by atoms with E-state index in [1.54, 1.807) is 24.3 Å². The number of aliphatic carboxylic acids is 1. The van der Waals surface area contributed by atoms with Crippen molar-refractivity contribution < 1.29 is 33.8 Å². The van der Waals surface area contributed by atoms with Crippen molar-refractivity contribution in [2.75, 3.05) is 19.0 Å². The van der Waals surface area contributed by atoms with E-state index in [2.05, 4.69) is 22.8 Å². The number of esters is 1. The number of nitrogens with one attached hydrogen (secondary N) is 2. The predicted molar refractivity (Wildman–Crippen MR) is 156 cm³/mol. The Balaban J connectivity index is 1.19. The van der Waals surface area contributed by atoms with Crippen LogP contribution in [0, 0.1) is 11.8 Å². The molecule has 1 saturated carbocycles. The van der Waals surface area contributed by atoms with Crippen LogP contribution in [-0.2, 0) is 30.3 Å². The largest absolute Gasteiger partial charge is 0.481 e. The van der Waals surface area contributed by atoms with Gasteiger partial charge in [0.15, 0.2) is 0 Å². The normalized spacial score (nSPS) is 18.2. The van der Waals surface area contributed by atoms with Crippen molar-refractivity contribution >= 4 is 29.6 Å². The molecule has 2 aliphatic carbocycles. The van der Waals surface area contributed by atoms with Gasteiger partial charge in [-0.3, -0.25) is 9.59 Å². The van der Waals surface area contributed by atoms with Gasteiger partial charge >= 0.3 is 18.0 Å². The van der Waals surface area contributed by atoms with Crippen LogP contribution in [0.3, 0.4) is 0 Å². The summed E-state index contributed by atoms with van der Waals surface area (Å²) in [5.41, 5.74) is 5.67. The number of benzene rings is 3. The monoisotopic (exact) mass is 570 g/mol. The fourth-order valence-electron chi connectivity index (χ4n) is 6.05. The number of amides is 2. The van der Waals surface area contributed by atoms with Gasteiger partial charge in [-0.25, -0.2) is 9.59 Å². The highest BCUT2D eigenvalue weighted by atomic mass is 16.6. The SMILES string of the molecule is COC(=O)[C@H](Cc1ccc(NC(=O)[C@@H]2CCCC[C@H]2C(=O)O)cc1)NC(=O)OCC1c2ccccc2-c2ccccc21. The maximum Gasteiger partial charge on any atom is 0.407 e. The van der Waals surface area contributed by atoms with Crippen LogP contribution in [0.5, 0.6) is 0 Å². The Labute approximate surface area is 244 Å². The molecule has 9 nitrogen and oxygen atoms in total. The Bertz CT molecular complexity index is 1420. The smallest absolute Gasteiger partial charge is 0.407 e. The van der Waals surface area contributed by atoms with Crippen LogP contribution < -0.4 is 10.6 Å². The van der Waals surface area contributed by atoms with Crippen LogP contribution in [0.1, 0.15) is 48.3 Å². The molecule has 9 heteroatoms. The summed E-state index contributed by atoms with van der Waals surface area (Å²) in [4.78, 5) is 49.7. The quantitative estimate of drug-likeness (QED) is 0.304. The average molecular weight is 571 g/mol. The van der Waals surface area contributed by atoms with Crippen LogP contribution >= 0.6 is 0 Å². The maximum atomic E-state index is 12.8. The van der Waals surface area contributed by atoms with Crippen molar-refractivity contribution in [3.8, 4) is 11.1 Å². The van der Waals surface area contributed by atoms with Crippen LogP contribution in [0.15, 0.2) is 72.8 Å². The second-order valence-electron chi connectivity index (χ2n) is 10.8. The van der Waals surface area contributed by atoms with Crippen molar-refractivity contribution in [3.05, 3.63) is 89.5 Å². The molecule has 0 bridgehead atoms. The lowest BCUT2D eigenvalue weighted by molar-refractivity contribution is -0.147. The molecule has 0 aromatic heterocycles. The Morgan fingerprint density at radius 3 is 2.05 bits per heavy atom. The standard InChI is InChI=1S/C33H34N2O7/c1-41-32(39)29(18-20-14-16-21(17-15-20)34-30(36)26-12-6-7-13-27(26)31(37)38)35-33(40)42-19-28-24-10-4-2-8-22(24)23-9-3-5-11-25(23)28/h2-5,8-11,14-17,26-29H,6-7,12-13,18-19H2,1H3,(H,34,36)(H,35,40)(H,37,38)/t26-,27-,29+/m1/s1. The average Bonchev–Trinajstić information content (AvgIpc) is 3.33. The highest BCUT2D eigenvalue weighted by Gasteiger charge is 2.36. The lowest BCUT2D eigenvalue weighted by Crippen LogP contribution is -2.43. The molecule has 3 aromatic rings. The second-order valence-corrected chi connectivity index (χ2v) is 10.8. The van der Waals surface area contributed by atoms with Gasteiger partial charge in [0.25, 0.3) is 0 Å². The minimum atomic E-state index is -0.982. The number of hydrogen-bond donors (Lipinski definition) is 3. The molecule has 0 heterocycles. The van der Waals surface area contributed by atoms with E-state index in [4.69, 9.17) is 9.47 Å². The summed E-state index contributed by atoms with van der Waals surface area (Å²) in [6, 6.07) is 21.9. The van der Waals surface area contributed by atoms with Crippen LogP contribution in [0.4, 0.5) is 10.5 Å². The zero-order valence-corrected chi connectivity index (χ0v) is 23.4. The molecule has 3 N–H and O–H groups in total. The fourth-order valence-corrected chi connectivity index (χ4v) is 6.05. The molecule has 0 unspecified atom stereocenters. The van der Waals surface area contributed by atoms with Gasteiger partial charge < -0.3 is 25.2 Å². The lowest BCUT2D eigenvalue weighted by Gasteiger charge is -2.27. The molecule has 3 atom stereocenters. The van der Waals surface area contributed by atoms with Gasteiger partial charge in [-0.05, 0) is 52.8 Å². The number of ether oxygens (including phenoxy) is 2. The maximum absolute atomic E-state index is 12.8. The summed E-state index contributed by atoms with van der Waals surface area (Å²) < 4.78 is 10.5. The van der Waals surface area contributed by atoms with Crippen LogP contribution in [0.25, 0.3) is 11.1 Å². The predicted octanol–water partition coefficient (Wildman–Crippen LogP) is 5.14. The van der Waals surface area contributed by atoms with E-state index >= 15 is 0 Å². The lowest BCUT2D eigenvalue weighted by atomic mass is 9.78. The first-order chi connectivity index (χ1) is 20.4. The number of anilines is 1. The van der Waals surface area contributed by atoms with Gasteiger partial charge in [0.05, 0.1) is 18.9 Å².